The summed E-state index contributed by atoms with van der Waals surface area (Å²) in [5, 5.41) is 4.23. The number of alkyl halides is 3. The van der Waals surface area contributed by atoms with E-state index >= 15 is 0 Å². The van der Waals surface area contributed by atoms with Gasteiger partial charge in [-0.3, -0.25) is 0 Å². The molecule has 1 aliphatic rings. The van der Waals surface area contributed by atoms with Crippen molar-refractivity contribution in [3.8, 4) is 5.75 Å². The summed E-state index contributed by atoms with van der Waals surface area (Å²) in [6.07, 6.45) is 4.96. The Morgan fingerprint density at radius 3 is 2.70 bits per heavy atom. The van der Waals surface area contributed by atoms with Gasteiger partial charge in [0.25, 0.3) is 0 Å². The third-order valence-electron chi connectivity index (χ3n) is 4.49. The van der Waals surface area contributed by atoms with Gasteiger partial charge in [0.15, 0.2) is 0 Å². The first-order valence-electron chi connectivity index (χ1n) is 9.44. The number of benzene rings is 2. The molecule has 2 aromatic rings. The van der Waals surface area contributed by atoms with Gasteiger partial charge in [0.1, 0.15) is 18.5 Å². The number of ether oxygens (including phenoxy) is 2. The molecule has 0 aromatic heterocycles. The zero-order valence-electron chi connectivity index (χ0n) is 16.4. The van der Waals surface area contributed by atoms with Gasteiger partial charge >= 0.3 is 6.09 Å². The van der Waals surface area contributed by atoms with Crippen LogP contribution >= 0.6 is 46.6 Å². The number of allylic oxidation sites excluding steroid dienone is 2. The molecule has 4 nitrogen and oxygen atoms in total. The summed E-state index contributed by atoms with van der Waals surface area (Å²) in [4.78, 5) is 14.7. The summed E-state index contributed by atoms with van der Waals surface area (Å²) >= 11 is 18.6. The summed E-state index contributed by atoms with van der Waals surface area (Å²) in [5.74, 6) is 0.815. The zero-order valence-corrected chi connectivity index (χ0v) is 19.5. The maximum atomic E-state index is 12.2. The number of carbonyl (C=O) groups excluding carboxylic acids is 1. The summed E-state index contributed by atoms with van der Waals surface area (Å²) < 4.78 is 9.86. The van der Waals surface area contributed by atoms with E-state index in [9.17, 15) is 4.79 Å². The van der Waals surface area contributed by atoms with Gasteiger partial charge in [-0.15, -0.1) is 0 Å². The number of rotatable bonds is 7. The fourth-order valence-electron chi connectivity index (χ4n) is 2.99. The Labute approximate surface area is 195 Å². The van der Waals surface area contributed by atoms with Gasteiger partial charge in [-0.05, 0) is 23.3 Å². The normalized spacial score (nSPS) is 14.9. The molecule has 0 saturated carbocycles. The molecule has 8 heteroatoms. The van der Waals surface area contributed by atoms with Crippen molar-refractivity contribution in [2.75, 3.05) is 20.2 Å². The van der Waals surface area contributed by atoms with Crippen LogP contribution in [-0.4, -0.2) is 41.1 Å². The number of thioether (sulfide) groups is 1. The van der Waals surface area contributed by atoms with E-state index in [2.05, 4.69) is 29.7 Å². The molecule has 1 heterocycles. The van der Waals surface area contributed by atoms with E-state index < -0.39 is 9.89 Å². The Morgan fingerprint density at radius 1 is 1.20 bits per heavy atom. The molecule has 1 atom stereocenters. The van der Waals surface area contributed by atoms with Gasteiger partial charge in [0, 0.05) is 30.3 Å². The number of hydrogen-bond acceptors (Lipinski definition) is 4. The summed E-state index contributed by atoms with van der Waals surface area (Å²) in [6.45, 7) is 0.123. The van der Waals surface area contributed by atoms with E-state index in [4.69, 9.17) is 44.3 Å². The van der Waals surface area contributed by atoms with Crippen LogP contribution in [0.15, 0.2) is 64.9 Å². The third kappa shape index (κ3) is 6.74. The molecule has 0 aliphatic carbocycles. The minimum atomic E-state index is -1.63. The highest BCUT2D eigenvalue weighted by molar-refractivity contribution is 8.05. The molecule has 0 spiro atoms. The first-order valence-corrected chi connectivity index (χ1v) is 11.5. The van der Waals surface area contributed by atoms with Gasteiger partial charge in [0.05, 0.1) is 0 Å². The number of hydrogen-bond donors (Lipinski definition) is 0. The molecule has 2 aromatic carbocycles. The van der Waals surface area contributed by atoms with Crippen molar-refractivity contribution in [2.45, 2.75) is 22.7 Å². The molecule has 0 N–H and O–H groups in total. The van der Waals surface area contributed by atoms with Gasteiger partial charge in [0.2, 0.25) is 3.79 Å². The lowest BCUT2D eigenvalue weighted by Crippen LogP contribution is -2.33. The molecular weight excluding hydrogens is 465 g/mol. The molecule has 1 unspecified atom stereocenters. The fraction of sp³-hybridized carbons (Fsp3) is 0.318. The molecule has 1 aliphatic heterocycles. The Bertz CT molecular complexity index is 937. The second-order valence-electron chi connectivity index (χ2n) is 6.80. The SMILES string of the molecule is CN(CCC(Oc1cccc2ccccc12)C1=CCC=CS1)C(=O)OCC(Cl)(Cl)Cl. The van der Waals surface area contributed by atoms with E-state index in [1.54, 1.807) is 18.8 Å². The van der Waals surface area contributed by atoms with Crippen LogP contribution in [0, 0.1) is 0 Å². The highest BCUT2D eigenvalue weighted by Gasteiger charge is 2.25. The molecule has 0 radical (unpaired) electrons. The zero-order chi connectivity index (χ0) is 21.6. The van der Waals surface area contributed by atoms with E-state index in [-0.39, 0.29) is 12.7 Å². The van der Waals surface area contributed by atoms with Gasteiger partial charge in [-0.25, -0.2) is 4.79 Å². The molecular formula is C22H22Cl3NO3S. The number of nitrogens with zero attached hydrogens (tertiary/aromatic N) is 1. The van der Waals surface area contributed by atoms with Gasteiger partial charge in [-0.1, -0.05) is 95.1 Å². The largest absolute Gasteiger partial charge is 0.484 e. The maximum absolute atomic E-state index is 12.2. The van der Waals surface area contributed by atoms with E-state index in [0.29, 0.717) is 13.0 Å². The lowest BCUT2D eigenvalue weighted by molar-refractivity contribution is 0.108. The summed E-state index contributed by atoms with van der Waals surface area (Å²) in [6, 6.07) is 14.1. The van der Waals surface area contributed by atoms with Crippen LogP contribution in [0.2, 0.25) is 0 Å². The smallest absolute Gasteiger partial charge is 0.409 e. The highest BCUT2D eigenvalue weighted by atomic mass is 35.6. The lowest BCUT2D eigenvalue weighted by Gasteiger charge is -2.26. The fourth-order valence-corrected chi connectivity index (χ4v) is 4.03. The van der Waals surface area contributed by atoms with Crippen molar-refractivity contribution in [2.24, 2.45) is 0 Å². The van der Waals surface area contributed by atoms with Gasteiger partial charge in [-0.2, -0.15) is 0 Å². The summed E-state index contributed by atoms with van der Waals surface area (Å²) in [5.41, 5.74) is 0. The topological polar surface area (TPSA) is 38.8 Å². The first kappa shape index (κ1) is 23.1. The summed E-state index contributed by atoms with van der Waals surface area (Å²) in [7, 11) is 1.65. The van der Waals surface area contributed by atoms with Crippen molar-refractivity contribution in [3.63, 3.8) is 0 Å². The number of amides is 1. The quantitative estimate of drug-likeness (QED) is 0.397. The van der Waals surface area contributed by atoms with E-state index in [1.165, 1.54) is 4.90 Å². The van der Waals surface area contributed by atoms with Crippen LogP contribution < -0.4 is 4.74 Å². The first-order chi connectivity index (χ1) is 14.3. The Hall–Kier alpha value is -1.53. The van der Waals surface area contributed by atoms with E-state index in [1.807, 2.05) is 30.3 Å². The number of halogens is 3. The predicted molar refractivity (Wildman–Crippen MR) is 127 cm³/mol. The molecule has 30 heavy (non-hydrogen) atoms. The maximum Gasteiger partial charge on any atom is 0.409 e. The van der Waals surface area contributed by atoms with Crippen LogP contribution in [0.4, 0.5) is 4.79 Å². The number of fused-ring (bicyclic) bond motifs is 1. The van der Waals surface area contributed by atoms with Crippen molar-refractivity contribution < 1.29 is 14.3 Å². The van der Waals surface area contributed by atoms with Crippen molar-refractivity contribution in [1.82, 2.24) is 4.90 Å². The molecule has 1 amide bonds. The predicted octanol–water partition coefficient (Wildman–Crippen LogP) is 6.95. The molecule has 160 valence electrons. The Morgan fingerprint density at radius 2 is 1.97 bits per heavy atom. The van der Waals surface area contributed by atoms with E-state index in [0.717, 1.165) is 27.8 Å². The van der Waals surface area contributed by atoms with Crippen LogP contribution in [0.1, 0.15) is 12.8 Å². The molecule has 3 rings (SSSR count). The molecule has 0 bridgehead atoms. The standard InChI is InChI=1S/C22H22Cl3NO3S/c1-26(21(27)28-15-22(23,24)25)13-12-19(20-11-4-5-14-30-20)29-18-10-6-8-16-7-2-3-9-17(16)18/h2-3,5-11,14,19H,4,12-13,15H2,1H3. The van der Waals surface area contributed by atoms with Crippen molar-refractivity contribution >= 4 is 63.4 Å². The van der Waals surface area contributed by atoms with Crippen LogP contribution in [0.5, 0.6) is 5.75 Å². The average molecular weight is 487 g/mol. The van der Waals surface area contributed by atoms with Crippen molar-refractivity contribution in [3.05, 3.63) is 64.9 Å². The Balaban J connectivity index is 1.70. The average Bonchev–Trinajstić information content (AvgIpc) is 2.75. The minimum absolute atomic E-state index is 0.200. The third-order valence-corrected chi connectivity index (χ3v) is 5.85. The lowest BCUT2D eigenvalue weighted by atomic mass is 10.1. The van der Waals surface area contributed by atoms with Crippen LogP contribution in [0.3, 0.4) is 0 Å². The monoisotopic (exact) mass is 485 g/mol. The second kappa shape index (κ2) is 10.7. The highest BCUT2D eigenvalue weighted by Crippen LogP contribution is 2.33. The molecule has 0 fully saturated rings. The molecule has 0 saturated heterocycles. The minimum Gasteiger partial charge on any atom is -0.484 e. The number of carbonyl (C=O) groups is 1. The van der Waals surface area contributed by atoms with Crippen molar-refractivity contribution in [1.29, 1.82) is 0 Å². The van der Waals surface area contributed by atoms with Crippen LogP contribution in [-0.2, 0) is 4.74 Å². The Kier molecular flexibility index (Phi) is 8.23. The van der Waals surface area contributed by atoms with Gasteiger partial charge < -0.3 is 14.4 Å². The second-order valence-corrected chi connectivity index (χ2v) is 10.3. The van der Waals surface area contributed by atoms with Crippen LogP contribution in [0.25, 0.3) is 10.8 Å².